The second kappa shape index (κ2) is 8.27. The Labute approximate surface area is 116 Å². The third-order valence-electron chi connectivity index (χ3n) is 3.27. The quantitative estimate of drug-likeness (QED) is 0.747. The first-order chi connectivity index (χ1) is 9.15. The predicted octanol–water partition coefficient (Wildman–Crippen LogP) is 2.40. The number of aryl methyl sites for hydroxylation is 1. The number of nitrogens with zero attached hydrogens (tertiary/aromatic N) is 3. The van der Waals surface area contributed by atoms with Crippen molar-refractivity contribution in [1.29, 1.82) is 0 Å². The highest BCUT2D eigenvalue weighted by Gasteiger charge is 2.28. The minimum absolute atomic E-state index is 0.126. The fourth-order valence-electron chi connectivity index (χ4n) is 2.37. The Balaban J connectivity index is 2.97. The molecule has 0 radical (unpaired) electrons. The molecule has 0 aliphatic heterocycles. The number of rotatable bonds is 9. The molecule has 1 aromatic heterocycles. The summed E-state index contributed by atoms with van der Waals surface area (Å²) in [5.41, 5.74) is 1.12. The summed E-state index contributed by atoms with van der Waals surface area (Å²) in [4.78, 5) is 0. The Hall–Kier alpha value is -0.940. The van der Waals surface area contributed by atoms with E-state index in [1.165, 1.54) is 0 Å². The second-order valence-corrected chi connectivity index (χ2v) is 5.26. The lowest BCUT2D eigenvalue weighted by molar-refractivity contribution is 0.0301. The summed E-state index contributed by atoms with van der Waals surface area (Å²) in [5, 5.41) is 11.8. The highest BCUT2D eigenvalue weighted by molar-refractivity contribution is 5.06. The lowest BCUT2D eigenvalue weighted by Gasteiger charge is -2.30. The van der Waals surface area contributed by atoms with Crippen LogP contribution in [0.4, 0.5) is 0 Å². The maximum absolute atomic E-state index is 5.70. The highest BCUT2D eigenvalue weighted by Crippen LogP contribution is 2.24. The number of hydrogen-bond acceptors (Lipinski definition) is 4. The first-order valence-electron chi connectivity index (χ1n) is 7.30. The lowest BCUT2D eigenvalue weighted by atomic mass is 9.97. The fraction of sp³-hybridized carbons (Fsp3) is 0.857. The van der Waals surface area contributed by atoms with Crippen LogP contribution in [-0.4, -0.2) is 34.8 Å². The first kappa shape index (κ1) is 16.1. The standard InChI is InChI=1S/C14H28N4O/c1-6-8-15-13(14(19-5)11(3)4)12-10-16-17-18(12)9-7-2/h10-11,13-15H,6-9H2,1-5H3. The Bertz CT molecular complexity index is 351. The van der Waals surface area contributed by atoms with Gasteiger partial charge in [0.05, 0.1) is 24.0 Å². The molecule has 1 aromatic rings. The Morgan fingerprint density at radius 2 is 2.05 bits per heavy atom. The molecule has 1 N–H and O–H groups in total. The van der Waals surface area contributed by atoms with Crippen LogP contribution < -0.4 is 5.32 Å². The van der Waals surface area contributed by atoms with Gasteiger partial charge in [-0.05, 0) is 25.3 Å². The summed E-state index contributed by atoms with van der Waals surface area (Å²) in [7, 11) is 1.78. The van der Waals surface area contributed by atoms with E-state index in [1.54, 1.807) is 7.11 Å². The summed E-state index contributed by atoms with van der Waals surface area (Å²) in [6, 6.07) is 0.145. The largest absolute Gasteiger partial charge is 0.379 e. The molecule has 2 atom stereocenters. The normalized spacial score (nSPS) is 14.8. The van der Waals surface area contributed by atoms with Crippen molar-refractivity contribution in [3.05, 3.63) is 11.9 Å². The van der Waals surface area contributed by atoms with Crippen LogP contribution >= 0.6 is 0 Å². The SMILES string of the molecule is CCCNC(c1cnnn1CCC)C(OC)C(C)C. The van der Waals surface area contributed by atoms with E-state index in [1.807, 2.05) is 10.9 Å². The molecule has 0 amide bonds. The third-order valence-corrected chi connectivity index (χ3v) is 3.27. The lowest BCUT2D eigenvalue weighted by Crippen LogP contribution is -2.38. The second-order valence-electron chi connectivity index (χ2n) is 5.26. The molecule has 0 saturated carbocycles. The van der Waals surface area contributed by atoms with Crippen LogP contribution in [0.25, 0.3) is 0 Å². The first-order valence-corrected chi connectivity index (χ1v) is 7.30. The van der Waals surface area contributed by atoms with Gasteiger partial charge in [0.25, 0.3) is 0 Å². The van der Waals surface area contributed by atoms with Crippen LogP contribution in [-0.2, 0) is 11.3 Å². The summed E-state index contributed by atoms with van der Waals surface area (Å²) >= 11 is 0. The Kier molecular flexibility index (Phi) is 7.02. The maximum atomic E-state index is 5.70. The van der Waals surface area contributed by atoms with Crippen molar-refractivity contribution in [2.45, 2.75) is 59.2 Å². The van der Waals surface area contributed by atoms with Crippen molar-refractivity contribution < 1.29 is 4.74 Å². The van der Waals surface area contributed by atoms with Crippen molar-refractivity contribution in [3.8, 4) is 0 Å². The van der Waals surface area contributed by atoms with Crippen molar-refractivity contribution in [3.63, 3.8) is 0 Å². The molecule has 0 fully saturated rings. The van der Waals surface area contributed by atoms with E-state index in [2.05, 4.69) is 43.3 Å². The van der Waals surface area contributed by atoms with E-state index >= 15 is 0 Å². The Morgan fingerprint density at radius 1 is 1.32 bits per heavy atom. The molecule has 2 unspecified atom stereocenters. The number of ether oxygens (including phenoxy) is 1. The van der Waals surface area contributed by atoms with E-state index in [0.717, 1.165) is 31.6 Å². The van der Waals surface area contributed by atoms with Gasteiger partial charge in [-0.3, -0.25) is 0 Å². The van der Waals surface area contributed by atoms with Crippen LogP contribution in [0.15, 0.2) is 6.20 Å². The zero-order valence-electron chi connectivity index (χ0n) is 12.9. The average molecular weight is 268 g/mol. The van der Waals surface area contributed by atoms with Gasteiger partial charge < -0.3 is 10.1 Å². The monoisotopic (exact) mass is 268 g/mol. The van der Waals surface area contributed by atoms with Gasteiger partial charge in [-0.15, -0.1) is 5.10 Å². The maximum Gasteiger partial charge on any atom is 0.0804 e. The molecule has 5 nitrogen and oxygen atoms in total. The van der Waals surface area contributed by atoms with Crippen LogP contribution in [0.2, 0.25) is 0 Å². The van der Waals surface area contributed by atoms with Crippen molar-refractivity contribution in [2.75, 3.05) is 13.7 Å². The topological polar surface area (TPSA) is 52.0 Å². The van der Waals surface area contributed by atoms with Gasteiger partial charge in [-0.2, -0.15) is 0 Å². The smallest absolute Gasteiger partial charge is 0.0804 e. The van der Waals surface area contributed by atoms with Crippen LogP contribution in [0, 0.1) is 5.92 Å². The molecule has 0 aliphatic rings. The molecule has 0 aromatic carbocycles. The summed E-state index contributed by atoms with van der Waals surface area (Å²) < 4.78 is 7.68. The summed E-state index contributed by atoms with van der Waals surface area (Å²) in [5.74, 6) is 0.435. The number of aromatic nitrogens is 3. The van der Waals surface area contributed by atoms with E-state index in [9.17, 15) is 0 Å². The van der Waals surface area contributed by atoms with Gasteiger partial charge in [-0.1, -0.05) is 32.9 Å². The van der Waals surface area contributed by atoms with E-state index in [4.69, 9.17) is 4.74 Å². The molecule has 110 valence electrons. The number of hydrogen-bond donors (Lipinski definition) is 1. The number of methoxy groups -OCH3 is 1. The molecule has 19 heavy (non-hydrogen) atoms. The van der Waals surface area contributed by atoms with Gasteiger partial charge in [-0.25, -0.2) is 4.68 Å². The summed E-state index contributed by atoms with van der Waals surface area (Å²) in [6.07, 6.45) is 4.13. The van der Waals surface area contributed by atoms with E-state index < -0.39 is 0 Å². The molecule has 0 aliphatic carbocycles. The Morgan fingerprint density at radius 3 is 2.58 bits per heavy atom. The minimum atomic E-state index is 0.126. The zero-order chi connectivity index (χ0) is 14.3. The van der Waals surface area contributed by atoms with Crippen molar-refractivity contribution >= 4 is 0 Å². The van der Waals surface area contributed by atoms with Crippen molar-refractivity contribution in [1.82, 2.24) is 20.3 Å². The molecular formula is C14H28N4O. The van der Waals surface area contributed by atoms with Crippen molar-refractivity contribution in [2.24, 2.45) is 5.92 Å². The predicted molar refractivity (Wildman–Crippen MR) is 77.0 cm³/mol. The third kappa shape index (κ3) is 4.28. The molecule has 1 rings (SSSR count). The molecule has 5 heteroatoms. The molecule has 1 heterocycles. The van der Waals surface area contributed by atoms with E-state index in [-0.39, 0.29) is 12.1 Å². The van der Waals surface area contributed by atoms with Gasteiger partial charge >= 0.3 is 0 Å². The minimum Gasteiger partial charge on any atom is -0.379 e. The van der Waals surface area contributed by atoms with Gasteiger partial charge in [0.1, 0.15) is 0 Å². The molecular weight excluding hydrogens is 240 g/mol. The van der Waals surface area contributed by atoms with E-state index in [0.29, 0.717) is 5.92 Å². The average Bonchev–Trinajstić information content (AvgIpc) is 2.82. The molecule has 0 bridgehead atoms. The fourth-order valence-corrected chi connectivity index (χ4v) is 2.37. The van der Waals surface area contributed by atoms with Crippen LogP contribution in [0.1, 0.15) is 52.3 Å². The van der Waals surface area contributed by atoms with Gasteiger partial charge in [0, 0.05) is 13.7 Å². The molecule has 0 spiro atoms. The van der Waals surface area contributed by atoms with Crippen LogP contribution in [0.5, 0.6) is 0 Å². The van der Waals surface area contributed by atoms with Gasteiger partial charge in [0.2, 0.25) is 0 Å². The highest BCUT2D eigenvalue weighted by atomic mass is 16.5. The zero-order valence-corrected chi connectivity index (χ0v) is 12.9. The van der Waals surface area contributed by atoms with Crippen LogP contribution in [0.3, 0.4) is 0 Å². The molecule has 0 saturated heterocycles. The number of nitrogens with one attached hydrogen (secondary N) is 1. The summed E-state index contributed by atoms with van der Waals surface area (Å²) in [6.45, 7) is 10.5. The van der Waals surface area contributed by atoms with Gasteiger partial charge in [0.15, 0.2) is 0 Å².